The fraction of sp³-hybridized carbons (Fsp3) is 0.579. The van der Waals surface area contributed by atoms with Gasteiger partial charge in [-0.3, -0.25) is 9.59 Å². The quantitative estimate of drug-likeness (QED) is 0.932. The number of nitrogens with zero attached hydrogens (tertiary/aromatic N) is 1. The number of anilines is 1. The van der Waals surface area contributed by atoms with Crippen molar-refractivity contribution in [1.82, 2.24) is 5.32 Å². The van der Waals surface area contributed by atoms with Gasteiger partial charge in [0.2, 0.25) is 11.8 Å². The van der Waals surface area contributed by atoms with E-state index in [0.29, 0.717) is 19.0 Å². The minimum atomic E-state index is -0.218. The molecular weight excluding hydrogens is 288 g/mol. The Morgan fingerprint density at radius 1 is 1.17 bits per heavy atom. The summed E-state index contributed by atoms with van der Waals surface area (Å²) in [6, 6.07) is 6.30. The third-order valence-corrected chi connectivity index (χ3v) is 5.31. The second-order valence-electron chi connectivity index (χ2n) is 6.97. The van der Waals surface area contributed by atoms with Crippen molar-refractivity contribution in [3.8, 4) is 0 Å². The molecule has 0 bridgehead atoms. The van der Waals surface area contributed by atoms with E-state index in [1.54, 1.807) is 4.90 Å². The van der Waals surface area contributed by atoms with Crippen molar-refractivity contribution < 1.29 is 9.59 Å². The van der Waals surface area contributed by atoms with Gasteiger partial charge in [0.05, 0.1) is 5.92 Å². The molecule has 124 valence electrons. The number of aryl methyl sites for hydroxylation is 1. The number of carbonyl (C=O) groups is 2. The number of hydrogen-bond acceptors (Lipinski definition) is 2. The van der Waals surface area contributed by atoms with Crippen molar-refractivity contribution in [2.75, 3.05) is 11.4 Å². The molecule has 2 fully saturated rings. The Kier molecular flexibility index (Phi) is 4.69. The summed E-state index contributed by atoms with van der Waals surface area (Å²) >= 11 is 0. The molecule has 1 aliphatic heterocycles. The summed E-state index contributed by atoms with van der Waals surface area (Å²) in [6.07, 6.45) is 6.15. The van der Waals surface area contributed by atoms with Crippen molar-refractivity contribution in [3.63, 3.8) is 0 Å². The maximum Gasteiger partial charge on any atom is 0.227 e. The zero-order chi connectivity index (χ0) is 16.4. The molecular formula is C19H26N2O2. The van der Waals surface area contributed by atoms with Crippen LogP contribution in [0, 0.1) is 19.8 Å². The van der Waals surface area contributed by atoms with Crippen LogP contribution in [0.2, 0.25) is 0 Å². The van der Waals surface area contributed by atoms with Crippen LogP contribution in [-0.4, -0.2) is 24.4 Å². The van der Waals surface area contributed by atoms with Crippen molar-refractivity contribution >= 4 is 17.5 Å². The monoisotopic (exact) mass is 314 g/mol. The third-order valence-electron chi connectivity index (χ3n) is 5.31. The second-order valence-corrected chi connectivity index (χ2v) is 6.97. The lowest BCUT2D eigenvalue weighted by molar-refractivity contribution is -0.127. The van der Waals surface area contributed by atoms with Gasteiger partial charge in [-0.2, -0.15) is 0 Å². The molecule has 0 aromatic heterocycles. The van der Waals surface area contributed by atoms with Crippen molar-refractivity contribution in [2.45, 2.75) is 58.4 Å². The van der Waals surface area contributed by atoms with Gasteiger partial charge in [-0.15, -0.1) is 0 Å². The Balaban J connectivity index is 1.67. The van der Waals surface area contributed by atoms with Crippen LogP contribution >= 0.6 is 0 Å². The molecule has 2 amide bonds. The van der Waals surface area contributed by atoms with Crippen molar-refractivity contribution in [1.29, 1.82) is 0 Å². The Hall–Kier alpha value is -1.84. The van der Waals surface area contributed by atoms with Crippen LogP contribution in [0.4, 0.5) is 5.69 Å². The molecule has 4 nitrogen and oxygen atoms in total. The lowest BCUT2D eigenvalue weighted by Crippen LogP contribution is -2.40. The van der Waals surface area contributed by atoms with Crippen LogP contribution in [0.5, 0.6) is 0 Å². The van der Waals surface area contributed by atoms with E-state index in [9.17, 15) is 9.59 Å². The van der Waals surface area contributed by atoms with E-state index in [-0.39, 0.29) is 17.7 Å². The molecule has 2 aliphatic rings. The maximum absolute atomic E-state index is 12.5. The highest BCUT2D eigenvalue weighted by atomic mass is 16.2. The van der Waals surface area contributed by atoms with E-state index in [1.807, 2.05) is 32.0 Å². The van der Waals surface area contributed by atoms with E-state index < -0.39 is 0 Å². The van der Waals surface area contributed by atoms with Gasteiger partial charge in [0.15, 0.2) is 0 Å². The predicted octanol–water partition coefficient (Wildman–Crippen LogP) is 3.11. The van der Waals surface area contributed by atoms with Gasteiger partial charge in [-0.1, -0.05) is 31.4 Å². The molecule has 1 aromatic rings. The molecule has 1 unspecified atom stereocenters. The molecule has 3 rings (SSSR count). The van der Waals surface area contributed by atoms with Crippen LogP contribution in [0.1, 0.15) is 49.7 Å². The molecule has 0 spiro atoms. The number of benzene rings is 1. The lowest BCUT2D eigenvalue weighted by atomic mass is 9.95. The zero-order valence-corrected chi connectivity index (χ0v) is 14.1. The number of carbonyl (C=O) groups excluding carboxylic acids is 2. The zero-order valence-electron chi connectivity index (χ0n) is 14.1. The molecule has 1 aliphatic carbocycles. The highest BCUT2D eigenvalue weighted by molar-refractivity contribution is 6.00. The van der Waals surface area contributed by atoms with Crippen LogP contribution in [0.3, 0.4) is 0 Å². The van der Waals surface area contributed by atoms with Crippen LogP contribution in [0.25, 0.3) is 0 Å². The van der Waals surface area contributed by atoms with Gasteiger partial charge in [0, 0.05) is 24.7 Å². The number of hydrogen-bond donors (Lipinski definition) is 1. The van der Waals surface area contributed by atoms with Crippen molar-refractivity contribution in [3.05, 3.63) is 29.3 Å². The van der Waals surface area contributed by atoms with Crippen LogP contribution in [0.15, 0.2) is 18.2 Å². The molecule has 1 saturated carbocycles. The molecule has 0 radical (unpaired) electrons. The second kappa shape index (κ2) is 6.73. The standard InChI is InChI=1S/C19H26N2O2/c1-13-7-6-10-17(14(13)2)21-12-15(11-18(21)22)19(23)20-16-8-4-3-5-9-16/h6-7,10,15-16H,3-5,8-9,11-12H2,1-2H3,(H,20,23). The largest absolute Gasteiger partial charge is 0.353 e. The minimum Gasteiger partial charge on any atom is -0.353 e. The summed E-state index contributed by atoms with van der Waals surface area (Å²) in [5.41, 5.74) is 3.24. The molecule has 23 heavy (non-hydrogen) atoms. The summed E-state index contributed by atoms with van der Waals surface area (Å²) in [5, 5.41) is 3.16. The smallest absolute Gasteiger partial charge is 0.227 e. The normalized spacial score (nSPS) is 22.4. The molecule has 1 heterocycles. The minimum absolute atomic E-state index is 0.0538. The SMILES string of the molecule is Cc1cccc(N2CC(C(=O)NC3CCCCC3)CC2=O)c1C. The fourth-order valence-corrected chi connectivity index (χ4v) is 3.71. The van der Waals surface area contributed by atoms with Gasteiger partial charge in [0.1, 0.15) is 0 Å². The third kappa shape index (κ3) is 3.41. The summed E-state index contributed by atoms with van der Waals surface area (Å²) < 4.78 is 0. The first-order valence-electron chi connectivity index (χ1n) is 8.73. The number of amides is 2. The Bertz CT molecular complexity index is 605. The summed E-state index contributed by atoms with van der Waals surface area (Å²) in [6.45, 7) is 4.59. The molecule has 1 saturated heterocycles. The van der Waals surface area contributed by atoms with Gasteiger partial charge in [0.25, 0.3) is 0 Å². The van der Waals surface area contributed by atoms with Gasteiger partial charge < -0.3 is 10.2 Å². The van der Waals surface area contributed by atoms with E-state index in [0.717, 1.165) is 24.1 Å². The summed E-state index contributed by atoms with van der Waals surface area (Å²) in [4.78, 5) is 26.7. The lowest BCUT2D eigenvalue weighted by Gasteiger charge is -2.24. The van der Waals surface area contributed by atoms with Crippen molar-refractivity contribution in [2.24, 2.45) is 5.92 Å². The highest BCUT2D eigenvalue weighted by Gasteiger charge is 2.36. The van der Waals surface area contributed by atoms with E-state index in [1.165, 1.54) is 24.8 Å². The average Bonchev–Trinajstić information content (AvgIpc) is 2.93. The van der Waals surface area contributed by atoms with Gasteiger partial charge in [-0.25, -0.2) is 0 Å². The Labute approximate surface area is 138 Å². The predicted molar refractivity (Wildman–Crippen MR) is 91.4 cm³/mol. The van der Waals surface area contributed by atoms with Crippen LogP contribution in [-0.2, 0) is 9.59 Å². The number of nitrogens with one attached hydrogen (secondary N) is 1. The first-order valence-corrected chi connectivity index (χ1v) is 8.73. The fourth-order valence-electron chi connectivity index (χ4n) is 3.71. The van der Waals surface area contributed by atoms with Gasteiger partial charge in [-0.05, 0) is 43.9 Å². The Morgan fingerprint density at radius 3 is 2.65 bits per heavy atom. The summed E-state index contributed by atoms with van der Waals surface area (Å²) in [5.74, 6) is -0.107. The molecule has 1 aromatic carbocycles. The van der Waals surface area contributed by atoms with Crippen LogP contribution < -0.4 is 10.2 Å². The molecule has 4 heteroatoms. The first kappa shape index (κ1) is 16.0. The Morgan fingerprint density at radius 2 is 1.91 bits per heavy atom. The number of rotatable bonds is 3. The maximum atomic E-state index is 12.5. The van der Waals surface area contributed by atoms with E-state index >= 15 is 0 Å². The summed E-state index contributed by atoms with van der Waals surface area (Å²) in [7, 11) is 0. The molecule has 1 atom stereocenters. The molecule has 1 N–H and O–H groups in total. The van der Waals surface area contributed by atoms with E-state index in [4.69, 9.17) is 0 Å². The van der Waals surface area contributed by atoms with Gasteiger partial charge >= 0.3 is 0 Å². The highest BCUT2D eigenvalue weighted by Crippen LogP contribution is 2.29. The average molecular weight is 314 g/mol. The van der Waals surface area contributed by atoms with E-state index in [2.05, 4.69) is 5.32 Å². The topological polar surface area (TPSA) is 49.4 Å². The first-order chi connectivity index (χ1) is 11.1.